The van der Waals surface area contributed by atoms with Gasteiger partial charge in [0.1, 0.15) is 11.4 Å². The first-order valence-electron chi connectivity index (χ1n) is 5.97. The molecular weight excluding hydrogens is 333 g/mol. The lowest BCUT2D eigenvalue weighted by molar-refractivity contribution is 0.101. The molecule has 0 N–H and O–H groups in total. The van der Waals surface area contributed by atoms with E-state index in [4.69, 9.17) is 34.8 Å². The maximum absolute atomic E-state index is 11.9. The molecule has 1 aromatic carbocycles. The Morgan fingerprint density at radius 3 is 2.33 bits per heavy atom. The summed E-state index contributed by atoms with van der Waals surface area (Å²) >= 11 is 18.0. The van der Waals surface area contributed by atoms with Gasteiger partial charge in [-0.15, -0.1) is 0 Å². The average molecular weight is 341 g/mol. The van der Waals surface area contributed by atoms with E-state index in [-0.39, 0.29) is 5.78 Å². The molecule has 0 saturated heterocycles. The van der Waals surface area contributed by atoms with Gasteiger partial charge >= 0.3 is 0 Å². The van der Waals surface area contributed by atoms with Crippen molar-refractivity contribution in [1.29, 1.82) is 0 Å². The Kier molecular flexibility index (Phi) is 3.61. The van der Waals surface area contributed by atoms with Gasteiger partial charge in [0, 0.05) is 28.6 Å². The highest BCUT2D eigenvalue weighted by Gasteiger charge is 2.19. The molecule has 0 unspecified atom stereocenters. The predicted octanol–water partition coefficient (Wildman–Crippen LogP) is 4.56. The number of carbonyl (C=O) groups is 1. The molecule has 4 nitrogen and oxygen atoms in total. The van der Waals surface area contributed by atoms with Gasteiger partial charge in [-0.05, 0) is 18.2 Å². The topological polar surface area (TPSA) is 47.3 Å². The minimum Gasteiger partial charge on any atom is -0.293 e. The number of aromatic nitrogens is 3. The van der Waals surface area contributed by atoms with Crippen molar-refractivity contribution in [1.82, 2.24) is 14.6 Å². The molecule has 0 aliphatic rings. The number of nitrogens with zero attached hydrogens (tertiary/aromatic N) is 3. The standard InChI is InChI=1S/C14H8Cl3N3O/c1-7(21)13-14(8-2-9(15)4-10(16)3-8)20-12(19-13)5-11(17)6-18-20/h2-6H,1H3. The number of halogens is 3. The quantitative estimate of drug-likeness (QED) is 0.643. The van der Waals surface area contributed by atoms with Gasteiger partial charge < -0.3 is 0 Å². The van der Waals surface area contributed by atoms with Crippen LogP contribution in [0.25, 0.3) is 16.9 Å². The number of hydrogen-bond acceptors (Lipinski definition) is 3. The van der Waals surface area contributed by atoms with E-state index in [1.807, 2.05) is 0 Å². The number of rotatable bonds is 2. The summed E-state index contributed by atoms with van der Waals surface area (Å²) in [6, 6.07) is 6.67. The largest absolute Gasteiger partial charge is 0.293 e. The van der Waals surface area contributed by atoms with Crippen molar-refractivity contribution in [3.05, 3.63) is 51.2 Å². The van der Waals surface area contributed by atoms with Crippen LogP contribution in [0.15, 0.2) is 30.5 Å². The highest BCUT2D eigenvalue weighted by atomic mass is 35.5. The van der Waals surface area contributed by atoms with Crippen LogP contribution >= 0.6 is 34.8 Å². The van der Waals surface area contributed by atoms with Gasteiger partial charge in [-0.3, -0.25) is 4.79 Å². The first kappa shape index (κ1) is 14.3. The Morgan fingerprint density at radius 2 is 1.71 bits per heavy atom. The van der Waals surface area contributed by atoms with Crippen molar-refractivity contribution in [2.24, 2.45) is 0 Å². The van der Waals surface area contributed by atoms with E-state index in [1.54, 1.807) is 28.8 Å². The third-order valence-electron chi connectivity index (χ3n) is 2.91. The number of carbonyl (C=O) groups excluding carboxylic acids is 1. The number of Topliss-reactive ketones (excluding diaryl/α,β-unsaturated/α-hetero) is 1. The number of ketones is 1. The van der Waals surface area contributed by atoms with Gasteiger partial charge in [0.25, 0.3) is 0 Å². The van der Waals surface area contributed by atoms with E-state index in [1.165, 1.54) is 13.1 Å². The minimum absolute atomic E-state index is 0.178. The average Bonchev–Trinajstić information content (AvgIpc) is 2.76. The molecule has 0 atom stereocenters. The lowest BCUT2D eigenvalue weighted by atomic mass is 10.1. The summed E-state index contributed by atoms with van der Waals surface area (Å²) in [6.45, 7) is 1.44. The summed E-state index contributed by atoms with van der Waals surface area (Å²) < 4.78 is 1.55. The van der Waals surface area contributed by atoms with Crippen molar-refractivity contribution >= 4 is 46.2 Å². The molecule has 0 radical (unpaired) electrons. The minimum atomic E-state index is -0.178. The molecule has 21 heavy (non-hydrogen) atoms. The Hall–Kier alpha value is -1.62. The molecule has 0 fully saturated rings. The Morgan fingerprint density at radius 1 is 1.05 bits per heavy atom. The highest BCUT2D eigenvalue weighted by molar-refractivity contribution is 6.35. The summed E-state index contributed by atoms with van der Waals surface area (Å²) in [5.74, 6) is -0.178. The summed E-state index contributed by atoms with van der Waals surface area (Å²) in [4.78, 5) is 16.2. The van der Waals surface area contributed by atoms with Crippen LogP contribution in [0.2, 0.25) is 15.1 Å². The monoisotopic (exact) mass is 339 g/mol. The summed E-state index contributed by atoms with van der Waals surface area (Å²) in [6.07, 6.45) is 1.48. The van der Waals surface area contributed by atoms with Crippen LogP contribution in [0.3, 0.4) is 0 Å². The molecule has 3 rings (SSSR count). The van der Waals surface area contributed by atoms with Gasteiger partial charge in [0.2, 0.25) is 0 Å². The van der Waals surface area contributed by atoms with E-state index in [2.05, 4.69) is 10.1 Å². The summed E-state index contributed by atoms with van der Waals surface area (Å²) in [5.41, 5.74) is 1.99. The summed E-state index contributed by atoms with van der Waals surface area (Å²) in [5, 5.41) is 5.58. The normalized spacial score (nSPS) is 11.0. The van der Waals surface area contributed by atoms with Crippen molar-refractivity contribution in [2.45, 2.75) is 6.92 Å². The Bertz CT molecular complexity index is 853. The Balaban J connectivity index is 2.38. The van der Waals surface area contributed by atoms with E-state index in [0.29, 0.717) is 37.7 Å². The number of imidazole rings is 1. The van der Waals surface area contributed by atoms with Crippen LogP contribution in [0, 0.1) is 0 Å². The molecule has 0 aliphatic carbocycles. The number of benzene rings is 1. The van der Waals surface area contributed by atoms with Crippen molar-refractivity contribution in [2.75, 3.05) is 0 Å². The van der Waals surface area contributed by atoms with Gasteiger partial charge in [-0.25, -0.2) is 9.50 Å². The molecule has 7 heteroatoms. The number of hydrogen-bond donors (Lipinski definition) is 0. The van der Waals surface area contributed by atoms with Crippen molar-refractivity contribution in [3.8, 4) is 11.3 Å². The van der Waals surface area contributed by atoms with Crippen LogP contribution in [0.1, 0.15) is 17.4 Å². The molecule has 3 aromatic rings. The van der Waals surface area contributed by atoms with Crippen LogP contribution in [0.5, 0.6) is 0 Å². The van der Waals surface area contributed by atoms with E-state index >= 15 is 0 Å². The molecule has 0 spiro atoms. The van der Waals surface area contributed by atoms with E-state index in [9.17, 15) is 4.79 Å². The lowest BCUT2D eigenvalue weighted by Crippen LogP contribution is -1.98. The predicted molar refractivity (Wildman–Crippen MR) is 83.5 cm³/mol. The third kappa shape index (κ3) is 2.62. The second kappa shape index (κ2) is 5.30. The van der Waals surface area contributed by atoms with Crippen LogP contribution < -0.4 is 0 Å². The van der Waals surface area contributed by atoms with Gasteiger partial charge in [0.05, 0.1) is 11.2 Å². The summed E-state index contributed by atoms with van der Waals surface area (Å²) in [7, 11) is 0. The molecule has 0 bridgehead atoms. The molecule has 106 valence electrons. The lowest BCUT2D eigenvalue weighted by Gasteiger charge is -2.05. The van der Waals surface area contributed by atoms with Gasteiger partial charge in [-0.1, -0.05) is 34.8 Å². The molecule has 2 heterocycles. The molecule has 0 saturated carbocycles. The number of fused-ring (bicyclic) bond motifs is 1. The zero-order valence-electron chi connectivity index (χ0n) is 10.8. The first-order valence-corrected chi connectivity index (χ1v) is 7.11. The van der Waals surface area contributed by atoms with Crippen LogP contribution in [-0.4, -0.2) is 20.4 Å². The molecule has 0 aliphatic heterocycles. The van der Waals surface area contributed by atoms with E-state index < -0.39 is 0 Å². The van der Waals surface area contributed by atoms with Crippen LogP contribution in [-0.2, 0) is 0 Å². The maximum atomic E-state index is 11.9. The third-order valence-corrected chi connectivity index (χ3v) is 3.56. The highest BCUT2D eigenvalue weighted by Crippen LogP contribution is 2.30. The van der Waals surface area contributed by atoms with Crippen molar-refractivity contribution in [3.63, 3.8) is 0 Å². The van der Waals surface area contributed by atoms with Crippen LogP contribution in [0.4, 0.5) is 0 Å². The smallest absolute Gasteiger partial charge is 0.180 e. The SMILES string of the molecule is CC(=O)c1nc2cc(Cl)cnn2c1-c1cc(Cl)cc(Cl)c1. The fourth-order valence-corrected chi connectivity index (χ4v) is 2.78. The second-order valence-electron chi connectivity index (χ2n) is 4.47. The zero-order chi connectivity index (χ0) is 15.1. The maximum Gasteiger partial charge on any atom is 0.180 e. The van der Waals surface area contributed by atoms with Gasteiger partial charge in [-0.2, -0.15) is 5.10 Å². The van der Waals surface area contributed by atoms with Gasteiger partial charge in [0.15, 0.2) is 11.4 Å². The molecule has 2 aromatic heterocycles. The second-order valence-corrected chi connectivity index (χ2v) is 5.78. The van der Waals surface area contributed by atoms with Crippen molar-refractivity contribution < 1.29 is 4.79 Å². The first-order chi connectivity index (χ1) is 9.95. The zero-order valence-corrected chi connectivity index (χ0v) is 13.0. The van der Waals surface area contributed by atoms with E-state index in [0.717, 1.165) is 0 Å². The fraction of sp³-hybridized carbons (Fsp3) is 0.0714. The Labute approximate surface area is 135 Å². The molecule has 0 amide bonds. The molecular formula is C14H8Cl3N3O. The fourth-order valence-electron chi connectivity index (χ4n) is 2.11.